The first-order valence-corrected chi connectivity index (χ1v) is 9.10. The van der Waals surface area contributed by atoms with Crippen LogP contribution in [0.5, 0.6) is 0 Å². The first-order chi connectivity index (χ1) is 11.1. The minimum absolute atomic E-state index is 0.0710. The van der Waals surface area contributed by atoms with Gasteiger partial charge in [0.2, 0.25) is 0 Å². The summed E-state index contributed by atoms with van der Waals surface area (Å²) in [7, 11) is 6.00. The van der Waals surface area contributed by atoms with E-state index in [2.05, 4.69) is 6.92 Å². The van der Waals surface area contributed by atoms with Crippen molar-refractivity contribution in [2.24, 2.45) is 0 Å². The number of rotatable bonds is 16. The van der Waals surface area contributed by atoms with Crippen molar-refractivity contribution in [1.82, 2.24) is 4.90 Å². The first-order valence-electron chi connectivity index (χ1n) is 9.10. The summed E-state index contributed by atoms with van der Waals surface area (Å²) in [6, 6.07) is 0. The maximum absolute atomic E-state index is 8.48. The smallest absolute Gasteiger partial charge is 0.0701 e. The Morgan fingerprint density at radius 2 is 1.00 bits per heavy atom. The Labute approximate surface area is 144 Å². The molecule has 0 aromatic rings. The second-order valence-electron chi connectivity index (χ2n) is 6.02. The molecular formula is C18H41NO4. The monoisotopic (exact) mass is 335 g/mol. The Balaban J connectivity index is 0. The average Bonchev–Trinajstić information content (AvgIpc) is 2.50. The highest BCUT2D eigenvalue weighted by Crippen LogP contribution is 2.06. The third-order valence-electron chi connectivity index (χ3n) is 2.87. The fourth-order valence-electron chi connectivity index (χ4n) is 1.77. The van der Waals surface area contributed by atoms with E-state index in [9.17, 15) is 0 Å². The van der Waals surface area contributed by atoms with Crippen LogP contribution in [0.1, 0.15) is 51.9 Å². The zero-order valence-corrected chi connectivity index (χ0v) is 16.0. The van der Waals surface area contributed by atoms with E-state index >= 15 is 0 Å². The van der Waals surface area contributed by atoms with Gasteiger partial charge in [-0.05, 0) is 27.6 Å². The quantitative estimate of drug-likeness (QED) is 0.440. The number of ether oxygens (including phenoxy) is 3. The van der Waals surface area contributed by atoms with Gasteiger partial charge >= 0.3 is 0 Å². The van der Waals surface area contributed by atoms with Gasteiger partial charge in [0.15, 0.2) is 0 Å². The molecule has 0 fully saturated rings. The molecule has 0 aliphatic rings. The Morgan fingerprint density at radius 1 is 0.609 bits per heavy atom. The highest BCUT2D eigenvalue weighted by atomic mass is 16.5. The van der Waals surface area contributed by atoms with Gasteiger partial charge in [-0.2, -0.15) is 0 Å². The van der Waals surface area contributed by atoms with Gasteiger partial charge in [-0.15, -0.1) is 0 Å². The molecule has 0 bridgehead atoms. The van der Waals surface area contributed by atoms with Crippen LogP contribution >= 0.6 is 0 Å². The molecule has 0 saturated heterocycles. The lowest BCUT2D eigenvalue weighted by molar-refractivity contribution is 0.00719. The van der Waals surface area contributed by atoms with Crippen molar-refractivity contribution in [2.45, 2.75) is 51.9 Å². The number of aliphatic hydroxyl groups excluding tert-OH is 1. The summed E-state index contributed by atoms with van der Waals surface area (Å²) in [4.78, 5) is 2.00. The number of aliphatic hydroxyl groups is 1. The third kappa shape index (κ3) is 34.2. The van der Waals surface area contributed by atoms with Gasteiger partial charge in [0, 0.05) is 6.61 Å². The van der Waals surface area contributed by atoms with E-state index in [0.717, 1.165) is 13.0 Å². The molecule has 0 amide bonds. The Morgan fingerprint density at radius 3 is 1.48 bits per heavy atom. The summed E-state index contributed by atoms with van der Waals surface area (Å²) in [5, 5.41) is 8.48. The molecule has 0 rings (SSSR count). The molecule has 0 unspecified atom stereocenters. The predicted molar refractivity (Wildman–Crippen MR) is 97.1 cm³/mol. The van der Waals surface area contributed by atoms with Gasteiger partial charge in [-0.1, -0.05) is 45.4 Å². The summed E-state index contributed by atoms with van der Waals surface area (Å²) in [5.74, 6) is 0. The number of hydrogen-bond donors (Lipinski definition) is 1. The van der Waals surface area contributed by atoms with Crippen LogP contribution in [-0.4, -0.2) is 77.4 Å². The van der Waals surface area contributed by atoms with Crippen molar-refractivity contribution in [3.8, 4) is 0 Å². The lowest BCUT2D eigenvalue weighted by Gasteiger charge is -2.06. The van der Waals surface area contributed by atoms with E-state index in [-0.39, 0.29) is 6.61 Å². The summed E-state index contributed by atoms with van der Waals surface area (Å²) in [5.41, 5.74) is 0. The zero-order chi connectivity index (χ0) is 17.6. The fraction of sp³-hybridized carbons (Fsp3) is 1.00. The molecule has 0 saturated carbocycles. The summed E-state index contributed by atoms with van der Waals surface area (Å²) in [6.45, 7) is 5.94. The molecule has 1 N–H and O–H groups in total. The zero-order valence-electron chi connectivity index (χ0n) is 16.0. The minimum Gasteiger partial charge on any atom is -0.394 e. The van der Waals surface area contributed by atoms with Crippen molar-refractivity contribution in [3.63, 3.8) is 0 Å². The third-order valence-corrected chi connectivity index (χ3v) is 2.87. The van der Waals surface area contributed by atoms with Gasteiger partial charge in [-0.25, -0.2) is 0 Å². The average molecular weight is 336 g/mol. The number of nitrogens with zero attached hydrogens (tertiary/aromatic N) is 1. The van der Waals surface area contributed by atoms with Crippen molar-refractivity contribution in [1.29, 1.82) is 0 Å². The molecule has 0 radical (unpaired) electrons. The largest absolute Gasteiger partial charge is 0.394 e. The standard InChI is InChI=1S/C15H32O4.C3H9N/c1-2-3-4-5-6-7-8-10-17-12-14-19-15-13-18-11-9-16;1-4(2)3/h16H,2-15H2,1H3;1-3H3. The van der Waals surface area contributed by atoms with Crippen LogP contribution < -0.4 is 0 Å². The molecular weight excluding hydrogens is 294 g/mol. The van der Waals surface area contributed by atoms with Crippen LogP contribution in [0.2, 0.25) is 0 Å². The number of unbranched alkanes of at least 4 members (excludes halogenated alkanes) is 6. The Hall–Kier alpha value is -0.200. The normalized spacial score (nSPS) is 10.7. The highest BCUT2D eigenvalue weighted by Gasteiger charge is 1.93. The maximum atomic E-state index is 8.48. The van der Waals surface area contributed by atoms with Gasteiger partial charge < -0.3 is 24.2 Å². The lowest BCUT2D eigenvalue weighted by Crippen LogP contribution is -2.11. The van der Waals surface area contributed by atoms with E-state index in [4.69, 9.17) is 19.3 Å². The maximum Gasteiger partial charge on any atom is 0.0701 e. The summed E-state index contributed by atoms with van der Waals surface area (Å²) in [6.07, 6.45) is 9.20. The molecule has 0 aromatic carbocycles. The van der Waals surface area contributed by atoms with Crippen molar-refractivity contribution >= 4 is 0 Å². The molecule has 0 atom stereocenters. The molecule has 0 heterocycles. The SMILES string of the molecule is CCCCCCCCCOCCOCCOCCO.CN(C)C. The van der Waals surface area contributed by atoms with E-state index < -0.39 is 0 Å². The van der Waals surface area contributed by atoms with Gasteiger partial charge in [-0.3, -0.25) is 0 Å². The van der Waals surface area contributed by atoms with Crippen LogP contribution in [-0.2, 0) is 14.2 Å². The molecule has 142 valence electrons. The van der Waals surface area contributed by atoms with Crippen LogP contribution in [0, 0.1) is 0 Å². The number of hydrogen-bond acceptors (Lipinski definition) is 5. The highest BCUT2D eigenvalue weighted by molar-refractivity contribution is 4.44. The van der Waals surface area contributed by atoms with Crippen LogP contribution in [0.15, 0.2) is 0 Å². The Kier molecular flexibility index (Phi) is 26.2. The van der Waals surface area contributed by atoms with Gasteiger partial charge in [0.1, 0.15) is 0 Å². The fourth-order valence-corrected chi connectivity index (χ4v) is 1.77. The Bertz CT molecular complexity index is 173. The first kappa shape index (κ1) is 25.0. The molecule has 5 nitrogen and oxygen atoms in total. The molecule has 0 aliphatic carbocycles. The van der Waals surface area contributed by atoms with E-state index in [1.165, 1.54) is 38.5 Å². The molecule has 23 heavy (non-hydrogen) atoms. The predicted octanol–water partition coefficient (Wildman–Crippen LogP) is 2.96. The van der Waals surface area contributed by atoms with Gasteiger partial charge in [0.05, 0.1) is 39.6 Å². The summed E-state index contributed by atoms with van der Waals surface area (Å²) >= 11 is 0. The van der Waals surface area contributed by atoms with Crippen LogP contribution in [0.25, 0.3) is 0 Å². The van der Waals surface area contributed by atoms with Crippen LogP contribution in [0.4, 0.5) is 0 Å². The van der Waals surface area contributed by atoms with Crippen molar-refractivity contribution < 1.29 is 19.3 Å². The lowest BCUT2D eigenvalue weighted by atomic mass is 10.1. The molecule has 0 spiro atoms. The molecule has 0 aliphatic heterocycles. The van der Waals surface area contributed by atoms with E-state index in [0.29, 0.717) is 33.0 Å². The summed E-state index contributed by atoms with van der Waals surface area (Å²) < 4.78 is 15.9. The second kappa shape index (κ2) is 24.1. The van der Waals surface area contributed by atoms with E-state index in [1.54, 1.807) is 0 Å². The molecule has 0 aromatic heterocycles. The topological polar surface area (TPSA) is 51.2 Å². The second-order valence-corrected chi connectivity index (χ2v) is 6.02. The molecule has 5 heteroatoms. The van der Waals surface area contributed by atoms with Gasteiger partial charge in [0.25, 0.3) is 0 Å². The van der Waals surface area contributed by atoms with Crippen LogP contribution in [0.3, 0.4) is 0 Å². The minimum atomic E-state index is 0.0710. The van der Waals surface area contributed by atoms with Crippen molar-refractivity contribution in [3.05, 3.63) is 0 Å². The van der Waals surface area contributed by atoms with Crippen molar-refractivity contribution in [2.75, 3.05) is 67.4 Å². The van der Waals surface area contributed by atoms with E-state index in [1.807, 2.05) is 26.0 Å².